The van der Waals surface area contributed by atoms with Gasteiger partial charge in [0.2, 0.25) is 0 Å². The maximum absolute atomic E-state index is 12.2. The molecule has 1 N–H and O–H groups in total. The van der Waals surface area contributed by atoms with Crippen LogP contribution >= 0.6 is 15.9 Å². The van der Waals surface area contributed by atoms with Crippen LogP contribution in [-0.4, -0.2) is 49.5 Å². The zero-order chi connectivity index (χ0) is 20.0. The van der Waals surface area contributed by atoms with Gasteiger partial charge in [-0.15, -0.1) is 0 Å². The minimum atomic E-state index is -0.193. The monoisotopic (exact) mass is 433 g/mol. The molecule has 0 spiro atoms. The van der Waals surface area contributed by atoms with E-state index in [0.717, 1.165) is 5.56 Å². The fourth-order valence-electron chi connectivity index (χ4n) is 2.13. The molecule has 27 heavy (non-hydrogen) atoms. The van der Waals surface area contributed by atoms with Crippen LogP contribution in [0.3, 0.4) is 0 Å². The number of ketones is 1. The molecule has 0 aromatic heterocycles. The zero-order valence-electron chi connectivity index (χ0n) is 15.2. The number of halogens is 1. The summed E-state index contributed by atoms with van der Waals surface area (Å²) in [4.78, 5) is 25.3. The Labute approximate surface area is 166 Å². The molecule has 2 aromatic rings. The Balaban J connectivity index is 2.18. The quantitative estimate of drug-likeness (QED) is 0.533. The standard InChI is InChI=1S/C20H20BrNO5/c1-22(2)19(25)12-27-20-16(21)10-13(11-18(20)26-3)4-9-17(24)14-5-7-15(23)8-6-14/h4-11,23H,12H2,1-3H3/b9-4-. The molecule has 0 heterocycles. The number of phenolic OH excluding ortho intramolecular Hbond substituents is 1. The second-order valence-corrected chi connectivity index (χ2v) is 6.71. The van der Waals surface area contributed by atoms with Crippen LogP contribution in [0.2, 0.25) is 0 Å². The molecule has 0 aliphatic rings. The number of hydrogen-bond acceptors (Lipinski definition) is 5. The van der Waals surface area contributed by atoms with Crippen LogP contribution in [0.1, 0.15) is 15.9 Å². The van der Waals surface area contributed by atoms with Gasteiger partial charge in [-0.05, 0) is 64.0 Å². The van der Waals surface area contributed by atoms with Gasteiger partial charge in [-0.2, -0.15) is 0 Å². The summed E-state index contributed by atoms with van der Waals surface area (Å²) in [6, 6.07) is 9.50. The Morgan fingerprint density at radius 2 is 1.85 bits per heavy atom. The number of methoxy groups -OCH3 is 1. The van der Waals surface area contributed by atoms with Crippen LogP contribution in [0, 0.1) is 0 Å². The lowest BCUT2D eigenvalue weighted by atomic mass is 10.1. The first-order chi connectivity index (χ1) is 12.8. The van der Waals surface area contributed by atoms with E-state index < -0.39 is 0 Å². The van der Waals surface area contributed by atoms with Crippen molar-refractivity contribution in [1.29, 1.82) is 0 Å². The molecule has 0 fully saturated rings. The normalized spacial score (nSPS) is 10.7. The van der Waals surface area contributed by atoms with Gasteiger partial charge < -0.3 is 19.5 Å². The third kappa shape index (κ3) is 5.59. The van der Waals surface area contributed by atoms with Crippen molar-refractivity contribution in [3.05, 3.63) is 58.1 Å². The highest BCUT2D eigenvalue weighted by Gasteiger charge is 2.14. The van der Waals surface area contributed by atoms with Crippen LogP contribution in [0.5, 0.6) is 17.2 Å². The molecule has 0 atom stereocenters. The molecule has 6 nitrogen and oxygen atoms in total. The van der Waals surface area contributed by atoms with Gasteiger partial charge in [0.15, 0.2) is 23.9 Å². The van der Waals surface area contributed by atoms with Gasteiger partial charge in [-0.25, -0.2) is 0 Å². The molecular weight excluding hydrogens is 414 g/mol. The smallest absolute Gasteiger partial charge is 0.259 e. The van der Waals surface area contributed by atoms with E-state index in [0.29, 0.717) is 21.5 Å². The fraction of sp³-hybridized carbons (Fsp3) is 0.200. The number of carbonyl (C=O) groups excluding carboxylic acids is 2. The van der Waals surface area contributed by atoms with Gasteiger partial charge in [0, 0.05) is 19.7 Å². The van der Waals surface area contributed by atoms with Crippen molar-refractivity contribution in [2.75, 3.05) is 27.8 Å². The maximum atomic E-state index is 12.2. The first kappa shape index (κ1) is 20.5. The van der Waals surface area contributed by atoms with E-state index in [1.807, 2.05) is 0 Å². The van der Waals surface area contributed by atoms with Gasteiger partial charge in [0.05, 0.1) is 11.6 Å². The number of phenols is 1. The van der Waals surface area contributed by atoms with Crippen molar-refractivity contribution in [3.63, 3.8) is 0 Å². The lowest BCUT2D eigenvalue weighted by molar-refractivity contribution is -0.130. The summed E-state index contributed by atoms with van der Waals surface area (Å²) in [7, 11) is 4.80. The minimum Gasteiger partial charge on any atom is -0.508 e. The second-order valence-electron chi connectivity index (χ2n) is 5.86. The topological polar surface area (TPSA) is 76.1 Å². The lowest BCUT2D eigenvalue weighted by Crippen LogP contribution is -2.27. The number of ether oxygens (including phenoxy) is 2. The Morgan fingerprint density at radius 3 is 2.44 bits per heavy atom. The zero-order valence-corrected chi connectivity index (χ0v) is 16.8. The van der Waals surface area contributed by atoms with E-state index in [2.05, 4.69) is 15.9 Å². The predicted molar refractivity (Wildman–Crippen MR) is 106 cm³/mol. The number of hydrogen-bond donors (Lipinski definition) is 1. The Morgan fingerprint density at radius 1 is 1.19 bits per heavy atom. The van der Waals surface area contributed by atoms with Gasteiger partial charge in [-0.3, -0.25) is 9.59 Å². The van der Waals surface area contributed by atoms with Gasteiger partial charge in [-0.1, -0.05) is 6.08 Å². The van der Waals surface area contributed by atoms with Gasteiger partial charge in [0.1, 0.15) is 5.75 Å². The van der Waals surface area contributed by atoms with E-state index in [-0.39, 0.29) is 24.0 Å². The van der Waals surface area contributed by atoms with E-state index in [4.69, 9.17) is 9.47 Å². The Kier molecular flexibility index (Phi) is 7.01. The molecule has 0 aliphatic heterocycles. The van der Waals surface area contributed by atoms with Crippen LogP contribution in [-0.2, 0) is 4.79 Å². The molecule has 1 amide bonds. The number of amides is 1. The Bertz CT molecular complexity index is 859. The molecule has 2 aromatic carbocycles. The highest BCUT2D eigenvalue weighted by molar-refractivity contribution is 9.10. The van der Waals surface area contributed by atoms with E-state index >= 15 is 0 Å². The van der Waals surface area contributed by atoms with Crippen LogP contribution in [0.25, 0.3) is 6.08 Å². The van der Waals surface area contributed by atoms with Crippen LogP contribution in [0.4, 0.5) is 0 Å². The fourth-order valence-corrected chi connectivity index (χ4v) is 2.71. The number of allylic oxidation sites excluding steroid dienone is 1. The molecule has 0 radical (unpaired) electrons. The summed E-state index contributed by atoms with van der Waals surface area (Å²) >= 11 is 3.41. The van der Waals surface area contributed by atoms with Crippen molar-refractivity contribution >= 4 is 33.7 Å². The predicted octanol–water partition coefficient (Wildman–Crippen LogP) is 3.53. The largest absolute Gasteiger partial charge is 0.508 e. The molecule has 2 rings (SSSR count). The lowest BCUT2D eigenvalue weighted by Gasteiger charge is -2.15. The van der Waals surface area contributed by atoms with Gasteiger partial charge >= 0.3 is 0 Å². The number of aromatic hydroxyl groups is 1. The number of nitrogens with zero attached hydrogens (tertiary/aromatic N) is 1. The SMILES string of the molecule is COc1cc(/C=C\C(=O)c2ccc(O)cc2)cc(Br)c1OCC(=O)N(C)C. The number of carbonyl (C=O) groups is 2. The van der Waals surface area contributed by atoms with Crippen LogP contribution in [0.15, 0.2) is 46.9 Å². The maximum Gasteiger partial charge on any atom is 0.259 e. The molecule has 0 bridgehead atoms. The molecule has 0 saturated heterocycles. The highest BCUT2D eigenvalue weighted by Crippen LogP contribution is 2.37. The number of likely N-dealkylation sites (N-methyl/N-ethyl adjacent to an activating group) is 1. The van der Waals surface area contributed by atoms with E-state index in [1.54, 1.807) is 44.4 Å². The number of benzene rings is 2. The van der Waals surface area contributed by atoms with Gasteiger partial charge in [0.25, 0.3) is 5.91 Å². The molecule has 7 heteroatoms. The first-order valence-electron chi connectivity index (χ1n) is 8.03. The average Bonchev–Trinajstić information content (AvgIpc) is 2.64. The van der Waals surface area contributed by atoms with Crippen molar-refractivity contribution in [2.45, 2.75) is 0 Å². The summed E-state index contributed by atoms with van der Waals surface area (Å²) in [6.07, 6.45) is 3.08. The first-order valence-corrected chi connectivity index (χ1v) is 8.83. The molecule has 0 saturated carbocycles. The van der Waals surface area contributed by atoms with E-state index in [9.17, 15) is 14.7 Å². The number of rotatable bonds is 7. The molecular formula is C20H20BrNO5. The molecule has 0 unspecified atom stereocenters. The van der Waals surface area contributed by atoms with Crippen molar-refractivity contribution in [1.82, 2.24) is 4.90 Å². The summed E-state index contributed by atoms with van der Waals surface area (Å²) in [5.41, 5.74) is 1.19. The van der Waals surface area contributed by atoms with E-state index in [1.165, 1.54) is 30.2 Å². The summed E-state index contributed by atoms with van der Waals surface area (Å²) < 4.78 is 11.5. The Hall–Kier alpha value is -2.80. The molecule has 142 valence electrons. The highest BCUT2D eigenvalue weighted by atomic mass is 79.9. The average molecular weight is 434 g/mol. The third-order valence-corrected chi connectivity index (χ3v) is 4.26. The van der Waals surface area contributed by atoms with Crippen molar-refractivity contribution in [3.8, 4) is 17.2 Å². The van der Waals surface area contributed by atoms with Crippen molar-refractivity contribution in [2.24, 2.45) is 0 Å². The third-order valence-electron chi connectivity index (χ3n) is 3.67. The summed E-state index contributed by atoms with van der Waals surface area (Å²) in [5, 5.41) is 9.28. The van der Waals surface area contributed by atoms with Crippen molar-refractivity contribution < 1.29 is 24.2 Å². The molecule has 0 aliphatic carbocycles. The van der Waals surface area contributed by atoms with Crippen LogP contribution < -0.4 is 9.47 Å². The second kappa shape index (κ2) is 9.23. The summed E-state index contributed by atoms with van der Waals surface area (Å²) in [5.74, 6) is 0.587. The minimum absolute atomic E-state index is 0.104. The summed E-state index contributed by atoms with van der Waals surface area (Å²) in [6.45, 7) is -0.115.